The summed E-state index contributed by atoms with van der Waals surface area (Å²) in [5.41, 5.74) is 4.17. The van der Waals surface area contributed by atoms with Gasteiger partial charge in [0.15, 0.2) is 6.61 Å². The number of fused-ring (bicyclic) bond motifs is 1. The average Bonchev–Trinajstić information content (AvgIpc) is 3.10. The molecule has 0 saturated carbocycles. The number of ether oxygens (including phenoxy) is 1. The number of benzene rings is 2. The molecule has 0 bridgehead atoms. The molecule has 0 unspecified atom stereocenters. The lowest BCUT2D eigenvalue weighted by molar-refractivity contribution is 0.0476. The summed E-state index contributed by atoms with van der Waals surface area (Å²) < 4.78 is 5.48. The van der Waals surface area contributed by atoms with E-state index in [4.69, 9.17) is 9.72 Å². The summed E-state index contributed by atoms with van der Waals surface area (Å²) in [6.45, 7) is 5.44. The number of hydrogen-bond acceptors (Lipinski definition) is 5. The molecule has 150 valence electrons. The Labute approximate surface area is 179 Å². The quantitative estimate of drug-likeness (QED) is 0.299. The lowest BCUT2D eigenvalue weighted by atomic mass is 9.98. The molecule has 2 aromatic heterocycles. The van der Waals surface area contributed by atoms with Crippen molar-refractivity contribution in [3.05, 3.63) is 87.1 Å². The molecule has 0 aliphatic carbocycles. The maximum atomic E-state index is 13.1. The van der Waals surface area contributed by atoms with Gasteiger partial charge in [0.25, 0.3) is 0 Å². The number of nitrogens with zero attached hydrogens (tertiary/aromatic N) is 1. The molecule has 0 aliphatic heterocycles. The van der Waals surface area contributed by atoms with Gasteiger partial charge in [0.05, 0.1) is 16.8 Å². The molecule has 0 fully saturated rings. The van der Waals surface area contributed by atoms with Gasteiger partial charge in [0, 0.05) is 26.3 Å². The zero-order chi connectivity index (χ0) is 21.3. The van der Waals surface area contributed by atoms with Gasteiger partial charge in [-0.2, -0.15) is 0 Å². The topological polar surface area (TPSA) is 56.3 Å². The van der Waals surface area contributed by atoms with E-state index in [-0.39, 0.29) is 12.4 Å². The Morgan fingerprint density at radius 3 is 2.37 bits per heavy atom. The number of hydrogen-bond donors (Lipinski definition) is 0. The Bertz CT molecular complexity index is 1260. The van der Waals surface area contributed by atoms with Crippen LogP contribution in [-0.2, 0) is 4.74 Å². The first-order valence-electron chi connectivity index (χ1n) is 9.68. The van der Waals surface area contributed by atoms with Crippen LogP contribution < -0.4 is 0 Å². The Balaban J connectivity index is 1.70. The van der Waals surface area contributed by atoms with Gasteiger partial charge >= 0.3 is 5.97 Å². The van der Waals surface area contributed by atoms with E-state index in [0.29, 0.717) is 16.6 Å². The summed E-state index contributed by atoms with van der Waals surface area (Å²) in [4.78, 5) is 32.4. The Morgan fingerprint density at radius 2 is 1.67 bits per heavy atom. The van der Waals surface area contributed by atoms with Crippen molar-refractivity contribution in [2.24, 2.45) is 0 Å². The minimum absolute atomic E-state index is 0.190. The molecular weight excluding hydrogens is 394 g/mol. The summed E-state index contributed by atoms with van der Waals surface area (Å²) in [5, 5.41) is 0.717. The van der Waals surface area contributed by atoms with Gasteiger partial charge in [-0.05, 0) is 38.5 Å². The first-order chi connectivity index (χ1) is 14.5. The van der Waals surface area contributed by atoms with Crippen molar-refractivity contribution < 1.29 is 14.3 Å². The first-order valence-corrected chi connectivity index (χ1v) is 10.5. The highest BCUT2D eigenvalue weighted by atomic mass is 32.1. The smallest absolute Gasteiger partial charge is 0.339 e. The van der Waals surface area contributed by atoms with Gasteiger partial charge in [0.2, 0.25) is 5.78 Å². The summed E-state index contributed by atoms with van der Waals surface area (Å²) in [6.07, 6.45) is 0. The summed E-state index contributed by atoms with van der Waals surface area (Å²) in [5.74, 6) is -0.703. The summed E-state index contributed by atoms with van der Waals surface area (Å²) >= 11 is 1.56. The van der Waals surface area contributed by atoms with Crippen molar-refractivity contribution in [1.29, 1.82) is 0 Å². The zero-order valence-corrected chi connectivity index (χ0v) is 17.9. The van der Waals surface area contributed by atoms with Gasteiger partial charge < -0.3 is 4.74 Å². The Morgan fingerprint density at radius 1 is 0.967 bits per heavy atom. The first kappa shape index (κ1) is 20.0. The van der Waals surface area contributed by atoms with E-state index in [1.165, 1.54) is 0 Å². The van der Waals surface area contributed by atoms with E-state index in [1.807, 2.05) is 81.4 Å². The SMILES string of the molecule is Cc1cc(C(=O)COC(=O)c2c(C)c(-c3ccccc3)nc3ccccc23)c(C)s1. The second kappa shape index (κ2) is 8.20. The van der Waals surface area contributed by atoms with Crippen LogP contribution in [0.2, 0.25) is 0 Å². The molecule has 0 radical (unpaired) electrons. The van der Waals surface area contributed by atoms with E-state index in [0.717, 1.165) is 32.0 Å². The van der Waals surface area contributed by atoms with Crippen LogP contribution in [0, 0.1) is 20.8 Å². The lowest BCUT2D eigenvalue weighted by Crippen LogP contribution is -2.16. The van der Waals surface area contributed by atoms with E-state index in [2.05, 4.69) is 0 Å². The van der Waals surface area contributed by atoms with Crippen molar-refractivity contribution in [2.45, 2.75) is 20.8 Å². The lowest BCUT2D eigenvalue weighted by Gasteiger charge is -2.14. The number of rotatable bonds is 5. The highest BCUT2D eigenvalue weighted by Gasteiger charge is 2.21. The van der Waals surface area contributed by atoms with Crippen LogP contribution in [0.3, 0.4) is 0 Å². The molecule has 4 aromatic rings. The summed E-state index contributed by atoms with van der Waals surface area (Å²) in [7, 11) is 0. The molecule has 2 aromatic carbocycles. The van der Waals surface area contributed by atoms with E-state index in [9.17, 15) is 9.59 Å². The number of Topliss-reactive ketones (excluding diaryl/α,β-unsaturated/α-hetero) is 1. The molecule has 0 atom stereocenters. The molecule has 2 heterocycles. The van der Waals surface area contributed by atoms with Gasteiger partial charge in [-0.25, -0.2) is 9.78 Å². The number of aromatic nitrogens is 1. The average molecular weight is 416 g/mol. The van der Waals surface area contributed by atoms with Crippen LogP contribution in [0.1, 0.15) is 36.0 Å². The molecule has 4 rings (SSSR count). The number of thiophene rings is 1. The molecule has 5 heteroatoms. The monoisotopic (exact) mass is 415 g/mol. The van der Waals surface area contributed by atoms with Gasteiger partial charge in [0.1, 0.15) is 0 Å². The standard InChI is InChI=1S/C25H21NO3S/c1-15-13-20(17(3)30-15)22(27)14-29-25(28)23-16(2)24(18-9-5-4-6-10-18)26-21-12-8-7-11-19(21)23/h4-13H,14H2,1-3H3. The molecule has 0 aliphatic rings. The van der Waals surface area contributed by atoms with Crippen LogP contribution in [0.5, 0.6) is 0 Å². The molecule has 4 nitrogen and oxygen atoms in total. The van der Waals surface area contributed by atoms with Crippen LogP contribution >= 0.6 is 11.3 Å². The van der Waals surface area contributed by atoms with Crippen molar-refractivity contribution >= 4 is 34.0 Å². The van der Waals surface area contributed by atoms with Crippen molar-refractivity contribution in [3.8, 4) is 11.3 Å². The van der Waals surface area contributed by atoms with Crippen LogP contribution in [0.4, 0.5) is 0 Å². The fraction of sp³-hybridized carbons (Fsp3) is 0.160. The predicted molar refractivity (Wildman–Crippen MR) is 120 cm³/mol. The third-order valence-corrected chi connectivity index (χ3v) is 6.03. The van der Waals surface area contributed by atoms with Gasteiger partial charge in [-0.1, -0.05) is 48.5 Å². The van der Waals surface area contributed by atoms with E-state index in [1.54, 1.807) is 11.3 Å². The van der Waals surface area contributed by atoms with E-state index < -0.39 is 5.97 Å². The van der Waals surface area contributed by atoms with Crippen LogP contribution in [0.25, 0.3) is 22.2 Å². The summed E-state index contributed by atoms with van der Waals surface area (Å²) in [6, 6.07) is 19.1. The van der Waals surface area contributed by atoms with Crippen molar-refractivity contribution in [1.82, 2.24) is 4.98 Å². The maximum Gasteiger partial charge on any atom is 0.339 e. The van der Waals surface area contributed by atoms with Crippen LogP contribution in [0.15, 0.2) is 60.7 Å². The normalized spacial score (nSPS) is 10.9. The fourth-order valence-electron chi connectivity index (χ4n) is 3.64. The molecule has 0 amide bonds. The van der Waals surface area contributed by atoms with Crippen LogP contribution in [-0.4, -0.2) is 23.3 Å². The number of carbonyl (C=O) groups is 2. The molecule has 0 saturated heterocycles. The second-order valence-electron chi connectivity index (χ2n) is 7.17. The third kappa shape index (κ3) is 3.76. The Hall–Kier alpha value is -3.31. The number of carbonyl (C=O) groups excluding carboxylic acids is 2. The minimum Gasteiger partial charge on any atom is -0.454 e. The highest BCUT2D eigenvalue weighted by Crippen LogP contribution is 2.30. The van der Waals surface area contributed by atoms with Crippen molar-refractivity contribution in [2.75, 3.05) is 6.61 Å². The molecular formula is C25H21NO3S. The molecule has 0 N–H and O–H groups in total. The number of ketones is 1. The van der Waals surface area contributed by atoms with Crippen molar-refractivity contribution in [3.63, 3.8) is 0 Å². The van der Waals surface area contributed by atoms with Gasteiger partial charge in [-0.15, -0.1) is 11.3 Å². The maximum absolute atomic E-state index is 13.1. The number of esters is 1. The van der Waals surface area contributed by atoms with E-state index >= 15 is 0 Å². The largest absolute Gasteiger partial charge is 0.454 e. The second-order valence-corrected chi connectivity index (χ2v) is 8.63. The predicted octanol–water partition coefficient (Wildman–Crippen LogP) is 5.93. The number of aryl methyl sites for hydroxylation is 2. The minimum atomic E-state index is -0.513. The zero-order valence-electron chi connectivity index (χ0n) is 17.1. The fourth-order valence-corrected chi connectivity index (χ4v) is 4.58. The Kier molecular flexibility index (Phi) is 5.46. The number of pyridine rings is 1. The molecule has 0 spiro atoms. The number of para-hydroxylation sites is 1. The third-order valence-electron chi connectivity index (χ3n) is 5.06. The van der Waals surface area contributed by atoms with Gasteiger partial charge in [-0.3, -0.25) is 4.79 Å². The highest BCUT2D eigenvalue weighted by molar-refractivity contribution is 7.12. The molecule has 30 heavy (non-hydrogen) atoms.